The molecule has 4 rings (SSSR count). The number of carbonyl (C=O) groups is 1. The van der Waals surface area contributed by atoms with Crippen LogP contribution in [0.5, 0.6) is 5.75 Å². The van der Waals surface area contributed by atoms with Gasteiger partial charge in [0.1, 0.15) is 5.75 Å². The highest BCUT2D eigenvalue weighted by atomic mass is 16.4. The molecule has 0 fully saturated rings. The van der Waals surface area contributed by atoms with Gasteiger partial charge in [-0.1, -0.05) is 24.3 Å². The van der Waals surface area contributed by atoms with Gasteiger partial charge in [0.25, 0.3) is 0 Å². The normalized spacial score (nSPS) is 14.3. The number of hydrogen-bond donors (Lipinski definition) is 2. The zero-order chi connectivity index (χ0) is 22.0. The zero-order valence-corrected chi connectivity index (χ0v) is 18.0. The van der Waals surface area contributed by atoms with Crippen molar-refractivity contribution in [1.82, 2.24) is 19.6 Å². The second kappa shape index (κ2) is 8.81. The van der Waals surface area contributed by atoms with Crippen molar-refractivity contribution in [3.63, 3.8) is 0 Å². The highest BCUT2D eigenvalue weighted by Gasteiger charge is 2.21. The molecule has 31 heavy (non-hydrogen) atoms. The third-order valence-electron chi connectivity index (χ3n) is 5.68. The first kappa shape index (κ1) is 20.9. The standard InChI is InChI=1S/C24H28N4O3/c1-26(2)11-4-12-28-23(17-9-13-27(14-10-17)24(30)31)21-8-7-19(16-22(21)25-28)18-5-3-6-20(29)15-18/h3,5-9,15-16,29H,4,10-14H2,1-2H3,(H,30,31). The molecule has 0 radical (unpaired) electrons. The number of phenols is 1. The van der Waals surface area contributed by atoms with E-state index in [1.54, 1.807) is 12.1 Å². The summed E-state index contributed by atoms with van der Waals surface area (Å²) in [5.74, 6) is 0.239. The van der Waals surface area contributed by atoms with Crippen LogP contribution >= 0.6 is 0 Å². The van der Waals surface area contributed by atoms with E-state index in [1.165, 1.54) is 4.90 Å². The zero-order valence-electron chi connectivity index (χ0n) is 18.0. The van der Waals surface area contributed by atoms with Crippen LogP contribution in [0, 0.1) is 0 Å². The third-order valence-corrected chi connectivity index (χ3v) is 5.68. The first-order valence-corrected chi connectivity index (χ1v) is 10.5. The van der Waals surface area contributed by atoms with E-state index in [2.05, 4.69) is 41.9 Å². The van der Waals surface area contributed by atoms with E-state index in [9.17, 15) is 15.0 Å². The van der Waals surface area contributed by atoms with Crippen molar-refractivity contribution in [2.24, 2.45) is 0 Å². The highest BCUT2D eigenvalue weighted by molar-refractivity contribution is 5.93. The molecule has 2 heterocycles. The molecule has 3 aromatic rings. The van der Waals surface area contributed by atoms with E-state index in [0.717, 1.165) is 52.8 Å². The van der Waals surface area contributed by atoms with Gasteiger partial charge in [0.2, 0.25) is 0 Å². The average Bonchev–Trinajstić information content (AvgIpc) is 3.11. The largest absolute Gasteiger partial charge is 0.508 e. The number of phenolic OH excluding ortho intramolecular Hbond substituents is 1. The lowest BCUT2D eigenvalue weighted by Gasteiger charge is -2.24. The smallest absolute Gasteiger partial charge is 0.407 e. The molecule has 1 aromatic heterocycles. The van der Waals surface area contributed by atoms with Crippen LogP contribution < -0.4 is 0 Å². The average molecular weight is 421 g/mol. The Kier molecular flexibility index (Phi) is 5.95. The van der Waals surface area contributed by atoms with Gasteiger partial charge in [-0.15, -0.1) is 0 Å². The fourth-order valence-electron chi connectivity index (χ4n) is 4.09. The Morgan fingerprint density at radius 3 is 2.65 bits per heavy atom. The molecule has 2 aromatic carbocycles. The number of hydrogen-bond acceptors (Lipinski definition) is 4. The predicted octanol–water partition coefficient (Wildman–Crippen LogP) is 4.13. The minimum absolute atomic E-state index is 0.239. The summed E-state index contributed by atoms with van der Waals surface area (Å²) in [4.78, 5) is 14.9. The summed E-state index contributed by atoms with van der Waals surface area (Å²) in [6.07, 6.45) is 2.78. The molecule has 0 saturated heterocycles. The van der Waals surface area contributed by atoms with Crippen LogP contribution in [0.1, 0.15) is 18.5 Å². The summed E-state index contributed by atoms with van der Waals surface area (Å²) in [6, 6.07) is 13.4. The Labute approximate surface area is 181 Å². The van der Waals surface area contributed by atoms with Gasteiger partial charge in [-0.25, -0.2) is 4.79 Å². The van der Waals surface area contributed by atoms with E-state index in [-0.39, 0.29) is 5.75 Å². The van der Waals surface area contributed by atoms with E-state index in [4.69, 9.17) is 5.10 Å². The van der Waals surface area contributed by atoms with Gasteiger partial charge in [-0.2, -0.15) is 5.10 Å². The summed E-state index contributed by atoms with van der Waals surface area (Å²) in [7, 11) is 4.12. The molecular weight excluding hydrogens is 392 g/mol. The van der Waals surface area contributed by atoms with E-state index < -0.39 is 6.09 Å². The SMILES string of the molecule is CN(C)CCCn1nc2cc(-c3cccc(O)c3)ccc2c1C1=CCN(C(=O)O)CC1. The molecule has 7 heteroatoms. The van der Waals surface area contributed by atoms with Crippen LogP contribution in [0.25, 0.3) is 27.6 Å². The summed E-state index contributed by atoms with van der Waals surface area (Å²) < 4.78 is 2.07. The molecule has 7 nitrogen and oxygen atoms in total. The quantitative estimate of drug-likeness (QED) is 0.627. The van der Waals surface area contributed by atoms with E-state index in [0.29, 0.717) is 19.5 Å². The number of fused-ring (bicyclic) bond motifs is 1. The summed E-state index contributed by atoms with van der Waals surface area (Å²) in [5, 5.41) is 25.1. The predicted molar refractivity (Wildman–Crippen MR) is 122 cm³/mol. The number of aromatic nitrogens is 2. The second-order valence-electron chi connectivity index (χ2n) is 8.22. The molecule has 0 spiro atoms. The molecule has 2 N–H and O–H groups in total. The van der Waals surface area contributed by atoms with Gasteiger partial charge in [-0.3, -0.25) is 4.68 Å². The lowest BCUT2D eigenvalue weighted by Crippen LogP contribution is -2.33. The maximum atomic E-state index is 11.3. The first-order valence-electron chi connectivity index (χ1n) is 10.5. The summed E-state index contributed by atoms with van der Waals surface area (Å²) in [5.41, 5.74) is 5.08. The van der Waals surface area contributed by atoms with Gasteiger partial charge in [0, 0.05) is 25.0 Å². The van der Waals surface area contributed by atoms with Crippen molar-refractivity contribution >= 4 is 22.6 Å². The first-order chi connectivity index (χ1) is 14.9. The van der Waals surface area contributed by atoms with Crippen molar-refractivity contribution in [1.29, 1.82) is 0 Å². The Bertz CT molecular complexity index is 1130. The number of rotatable bonds is 6. The molecule has 1 aliphatic heterocycles. The monoisotopic (exact) mass is 420 g/mol. The Hall–Kier alpha value is -3.32. The van der Waals surface area contributed by atoms with Crippen molar-refractivity contribution in [2.45, 2.75) is 19.4 Å². The minimum Gasteiger partial charge on any atom is -0.508 e. The highest BCUT2D eigenvalue weighted by Crippen LogP contribution is 2.33. The summed E-state index contributed by atoms with van der Waals surface area (Å²) in [6.45, 7) is 2.66. The van der Waals surface area contributed by atoms with Gasteiger partial charge in [0.05, 0.1) is 11.2 Å². The number of aromatic hydroxyl groups is 1. The van der Waals surface area contributed by atoms with Crippen LogP contribution in [-0.2, 0) is 6.54 Å². The molecular formula is C24H28N4O3. The van der Waals surface area contributed by atoms with E-state index >= 15 is 0 Å². The van der Waals surface area contributed by atoms with Crippen molar-refractivity contribution < 1.29 is 15.0 Å². The number of amides is 1. The van der Waals surface area contributed by atoms with E-state index in [1.807, 2.05) is 18.2 Å². The van der Waals surface area contributed by atoms with Gasteiger partial charge < -0.3 is 20.0 Å². The molecule has 0 atom stereocenters. The molecule has 0 bridgehead atoms. The van der Waals surface area contributed by atoms with Gasteiger partial charge in [0.15, 0.2) is 0 Å². The van der Waals surface area contributed by atoms with Crippen molar-refractivity contribution in [3.8, 4) is 16.9 Å². The lowest BCUT2D eigenvalue weighted by atomic mass is 9.99. The molecule has 162 valence electrons. The molecule has 0 saturated carbocycles. The van der Waals surface area contributed by atoms with Gasteiger partial charge >= 0.3 is 6.09 Å². The Balaban J connectivity index is 1.73. The number of aryl methyl sites for hydroxylation is 1. The van der Waals surface area contributed by atoms with Crippen molar-refractivity contribution in [3.05, 3.63) is 54.2 Å². The molecule has 0 unspecified atom stereocenters. The molecule has 1 aliphatic rings. The fourth-order valence-corrected chi connectivity index (χ4v) is 4.09. The number of carboxylic acid groups (broad SMARTS) is 1. The topological polar surface area (TPSA) is 81.8 Å². The van der Waals surface area contributed by atoms with Crippen LogP contribution in [0.15, 0.2) is 48.5 Å². The second-order valence-corrected chi connectivity index (χ2v) is 8.22. The van der Waals surface area contributed by atoms with Crippen LogP contribution in [0.3, 0.4) is 0 Å². The minimum atomic E-state index is -0.879. The Morgan fingerprint density at radius 2 is 1.97 bits per heavy atom. The van der Waals surface area contributed by atoms with Crippen molar-refractivity contribution in [2.75, 3.05) is 33.7 Å². The lowest BCUT2D eigenvalue weighted by molar-refractivity contribution is 0.150. The van der Waals surface area contributed by atoms with Crippen LogP contribution in [-0.4, -0.2) is 69.6 Å². The summed E-state index contributed by atoms with van der Waals surface area (Å²) >= 11 is 0. The maximum absolute atomic E-state index is 11.3. The molecule has 0 aliphatic carbocycles. The third kappa shape index (κ3) is 4.56. The van der Waals surface area contributed by atoms with Crippen LogP contribution in [0.2, 0.25) is 0 Å². The van der Waals surface area contributed by atoms with Crippen LogP contribution in [0.4, 0.5) is 4.79 Å². The molecule has 1 amide bonds. The maximum Gasteiger partial charge on any atom is 0.407 e. The van der Waals surface area contributed by atoms with Gasteiger partial charge in [-0.05, 0) is 74.4 Å². The Morgan fingerprint density at radius 1 is 1.16 bits per heavy atom. The fraction of sp³-hybridized carbons (Fsp3) is 0.333. The number of nitrogens with zero attached hydrogens (tertiary/aromatic N) is 4. The number of benzene rings is 2.